The third-order valence-corrected chi connectivity index (χ3v) is 10.2. The van der Waals surface area contributed by atoms with Crippen molar-refractivity contribution in [3.8, 4) is 17.2 Å². The molecule has 1 aromatic rings. The highest BCUT2D eigenvalue weighted by molar-refractivity contribution is 6.19. The molecule has 4 heterocycles. The summed E-state index contributed by atoms with van der Waals surface area (Å²) < 4.78 is 25.8. The Labute approximate surface area is 249 Å². The summed E-state index contributed by atoms with van der Waals surface area (Å²) in [5.74, 6) is -3.35. The Morgan fingerprint density at radius 1 is 1.09 bits per heavy atom. The number of allylic oxidation sites excluding steroid dienone is 1. The maximum atomic E-state index is 14.6. The maximum absolute atomic E-state index is 14.6. The molecule has 0 amide bonds. The Morgan fingerprint density at radius 2 is 1.77 bits per heavy atom. The molecule has 1 spiro atoms. The van der Waals surface area contributed by atoms with E-state index in [0.29, 0.717) is 6.42 Å². The molecule has 10 heteroatoms. The first-order valence-electron chi connectivity index (χ1n) is 14.7. The van der Waals surface area contributed by atoms with E-state index in [-0.39, 0.29) is 57.3 Å². The second-order valence-corrected chi connectivity index (χ2v) is 14.3. The average Bonchev–Trinajstić information content (AvgIpc) is 3.51. The molecule has 2 saturated heterocycles. The third-order valence-electron chi connectivity index (χ3n) is 10.2. The summed E-state index contributed by atoms with van der Waals surface area (Å²) in [5.41, 5.74) is -5.28. The van der Waals surface area contributed by atoms with Crippen molar-refractivity contribution in [2.45, 2.75) is 102 Å². The van der Waals surface area contributed by atoms with Crippen molar-refractivity contribution in [1.82, 2.24) is 0 Å². The number of ketones is 2. The molecule has 6 atom stereocenters. The first-order chi connectivity index (χ1) is 19.9. The second kappa shape index (κ2) is 8.16. The Bertz CT molecular complexity index is 1640. The highest BCUT2D eigenvalue weighted by Crippen LogP contribution is 2.69. The van der Waals surface area contributed by atoms with Gasteiger partial charge in [0, 0.05) is 29.4 Å². The van der Waals surface area contributed by atoms with E-state index >= 15 is 0 Å². The summed E-state index contributed by atoms with van der Waals surface area (Å²) in [6, 6.07) is 0. The zero-order chi connectivity index (χ0) is 31.2. The number of carboxylic acid groups (broad SMARTS) is 1. The minimum atomic E-state index is -1.72. The van der Waals surface area contributed by atoms with Gasteiger partial charge in [0.25, 0.3) is 0 Å². The molecule has 1 saturated carbocycles. The molecule has 3 fully saturated rings. The smallest absolute Gasteiger partial charge is 0.330 e. The van der Waals surface area contributed by atoms with Gasteiger partial charge in [0.15, 0.2) is 22.8 Å². The van der Waals surface area contributed by atoms with Gasteiger partial charge in [0.05, 0.1) is 22.3 Å². The van der Waals surface area contributed by atoms with Crippen LogP contribution >= 0.6 is 0 Å². The van der Waals surface area contributed by atoms with Crippen molar-refractivity contribution in [3.63, 3.8) is 0 Å². The average molecular weight is 593 g/mol. The van der Waals surface area contributed by atoms with Crippen molar-refractivity contribution >= 4 is 23.6 Å². The van der Waals surface area contributed by atoms with Gasteiger partial charge in [-0.15, -0.1) is 0 Å². The van der Waals surface area contributed by atoms with Crippen LogP contribution in [0.1, 0.15) is 88.9 Å². The number of aliphatic carboxylic acids is 1. The zero-order valence-electron chi connectivity index (χ0n) is 25.2. The SMILES string of the molecule is C/C(=C/C[C@]12OC(C)(C)[C@@H]3C[C@H](C=C4C(=O)c5c(O)c6c(c(C(O)[C@H]7OC7(C)C)c5O[C@@]431)OC(C)(C)C=C6)C2=O)C(=O)O. The number of carbonyl (C=O) groups excluding carboxylic acids is 2. The van der Waals surface area contributed by atoms with Crippen LogP contribution in [0.3, 0.4) is 0 Å². The van der Waals surface area contributed by atoms with Crippen LogP contribution in [0, 0.1) is 11.8 Å². The highest BCUT2D eigenvalue weighted by Gasteiger charge is 2.81. The van der Waals surface area contributed by atoms with Gasteiger partial charge in [-0.05, 0) is 67.0 Å². The van der Waals surface area contributed by atoms with Crippen molar-refractivity contribution in [3.05, 3.63) is 46.1 Å². The molecular weight excluding hydrogens is 556 g/mol. The summed E-state index contributed by atoms with van der Waals surface area (Å²) in [6.45, 7) is 12.4. The number of fused-ring (bicyclic) bond motifs is 2. The van der Waals surface area contributed by atoms with E-state index in [9.17, 15) is 29.7 Å². The number of aliphatic hydroxyl groups excluding tert-OH is 1. The molecule has 4 bridgehead atoms. The van der Waals surface area contributed by atoms with Gasteiger partial charge in [0.2, 0.25) is 0 Å². The Hall–Kier alpha value is -3.47. The van der Waals surface area contributed by atoms with E-state index in [1.54, 1.807) is 18.2 Å². The van der Waals surface area contributed by atoms with E-state index in [1.165, 1.54) is 13.0 Å². The number of rotatable bonds is 5. The van der Waals surface area contributed by atoms with Gasteiger partial charge in [-0.2, -0.15) is 0 Å². The lowest BCUT2D eigenvalue weighted by Crippen LogP contribution is -2.72. The Balaban J connectivity index is 1.52. The molecular formula is C33H36O10. The van der Waals surface area contributed by atoms with Gasteiger partial charge < -0.3 is 34.3 Å². The lowest BCUT2D eigenvalue weighted by molar-refractivity contribution is -0.171. The number of aromatic hydroxyl groups is 1. The van der Waals surface area contributed by atoms with Gasteiger partial charge in [-0.1, -0.05) is 12.2 Å². The van der Waals surface area contributed by atoms with Gasteiger partial charge in [0.1, 0.15) is 40.6 Å². The van der Waals surface area contributed by atoms with Gasteiger partial charge in [-0.3, -0.25) is 9.59 Å². The van der Waals surface area contributed by atoms with Gasteiger partial charge >= 0.3 is 5.97 Å². The predicted molar refractivity (Wildman–Crippen MR) is 152 cm³/mol. The number of benzene rings is 1. The van der Waals surface area contributed by atoms with Crippen LogP contribution in [-0.2, 0) is 19.1 Å². The quantitative estimate of drug-likeness (QED) is 0.335. The summed E-state index contributed by atoms with van der Waals surface area (Å²) in [4.78, 5) is 40.6. The van der Waals surface area contributed by atoms with Crippen LogP contribution in [0.2, 0.25) is 0 Å². The fraction of sp³-hybridized carbons (Fsp3) is 0.545. The van der Waals surface area contributed by atoms with E-state index in [1.807, 2.05) is 41.5 Å². The molecule has 43 heavy (non-hydrogen) atoms. The van der Waals surface area contributed by atoms with Crippen LogP contribution < -0.4 is 9.47 Å². The lowest BCUT2D eigenvalue weighted by Gasteiger charge is -2.56. The summed E-state index contributed by atoms with van der Waals surface area (Å²) >= 11 is 0. The number of ether oxygens (including phenoxy) is 4. The van der Waals surface area contributed by atoms with Crippen molar-refractivity contribution in [2.24, 2.45) is 11.8 Å². The van der Waals surface area contributed by atoms with Crippen LogP contribution in [0.4, 0.5) is 0 Å². The monoisotopic (exact) mass is 592 g/mol. The summed E-state index contributed by atoms with van der Waals surface area (Å²) in [5, 5.41) is 33.0. The molecule has 1 aromatic carbocycles. The largest absolute Gasteiger partial charge is 0.506 e. The van der Waals surface area contributed by atoms with Crippen molar-refractivity contribution in [1.29, 1.82) is 0 Å². The molecule has 228 valence electrons. The number of phenolic OH excluding ortho intramolecular Hbond substituents is 1. The molecule has 3 N–H and O–H groups in total. The highest BCUT2D eigenvalue weighted by atomic mass is 16.6. The van der Waals surface area contributed by atoms with Crippen LogP contribution in [0.5, 0.6) is 17.2 Å². The fourth-order valence-electron chi connectivity index (χ4n) is 8.06. The number of Topliss-reactive ketones (excluding diaryl/α,β-unsaturated/α-hetero) is 2. The number of phenols is 1. The topological polar surface area (TPSA) is 152 Å². The van der Waals surface area contributed by atoms with Crippen molar-refractivity contribution in [2.75, 3.05) is 0 Å². The molecule has 1 unspecified atom stereocenters. The molecule has 7 aliphatic rings. The Kier molecular flexibility index (Phi) is 5.38. The first-order valence-corrected chi connectivity index (χ1v) is 14.7. The number of aliphatic hydroxyl groups is 1. The minimum Gasteiger partial charge on any atom is -0.506 e. The first kappa shape index (κ1) is 28.3. The van der Waals surface area contributed by atoms with Crippen molar-refractivity contribution < 1.29 is 48.7 Å². The van der Waals surface area contributed by atoms with Crippen LogP contribution in [0.15, 0.2) is 29.4 Å². The summed E-state index contributed by atoms with van der Waals surface area (Å²) in [7, 11) is 0. The number of carbonyl (C=O) groups is 3. The number of hydrogen-bond acceptors (Lipinski definition) is 9. The normalized spacial score (nSPS) is 35.7. The van der Waals surface area contributed by atoms with E-state index in [2.05, 4.69) is 0 Å². The second-order valence-electron chi connectivity index (χ2n) is 14.3. The standard InChI is InChI=1S/C33H36O10/c1-14(28(38)39)8-11-32-26(37)15-12-17-22(35)19-21(34)16-9-10-29(2,3)40-24(16)20(23(36)27-31(6,7)42-27)25(19)41-33(17,32)18(13-15)30(4,5)43-32/h8-10,12,15,18,23,27,34,36H,11,13H2,1-7H3,(H,38,39)/b14-8-/t15-,18-,23?,27+,32+,33-/m0/s1. The van der Waals surface area contributed by atoms with E-state index in [4.69, 9.17) is 18.9 Å². The Morgan fingerprint density at radius 3 is 2.40 bits per heavy atom. The summed E-state index contributed by atoms with van der Waals surface area (Å²) in [6.07, 6.45) is 4.75. The molecule has 3 aliphatic carbocycles. The van der Waals surface area contributed by atoms with E-state index < -0.39 is 63.8 Å². The van der Waals surface area contributed by atoms with Gasteiger partial charge in [-0.25, -0.2) is 4.79 Å². The minimum absolute atomic E-state index is 0.0244. The number of epoxide rings is 1. The fourth-order valence-corrected chi connectivity index (χ4v) is 8.06. The predicted octanol–water partition coefficient (Wildman–Crippen LogP) is 4.21. The molecule has 0 radical (unpaired) electrons. The van der Waals surface area contributed by atoms with Crippen LogP contribution in [0.25, 0.3) is 6.08 Å². The lowest BCUT2D eigenvalue weighted by atomic mass is 9.51. The molecule has 0 aromatic heterocycles. The number of hydrogen-bond donors (Lipinski definition) is 3. The third kappa shape index (κ3) is 3.42. The molecule has 4 aliphatic heterocycles. The molecule has 8 rings (SSSR count). The van der Waals surface area contributed by atoms with Crippen LogP contribution in [-0.4, -0.2) is 67.0 Å². The van der Waals surface area contributed by atoms with E-state index in [0.717, 1.165) is 0 Å². The number of carboxylic acids is 1. The maximum Gasteiger partial charge on any atom is 0.330 e. The zero-order valence-corrected chi connectivity index (χ0v) is 25.2. The molecule has 10 nitrogen and oxygen atoms in total.